The number of thioether (sulfide) groups is 1. The van der Waals surface area contributed by atoms with E-state index >= 15 is 0 Å². The van der Waals surface area contributed by atoms with Gasteiger partial charge in [-0.3, -0.25) is 19.3 Å². The second kappa shape index (κ2) is 11.9. The molecule has 0 unspecified atom stereocenters. The van der Waals surface area contributed by atoms with Gasteiger partial charge in [0, 0.05) is 5.69 Å². The molecule has 1 aliphatic heterocycles. The highest BCUT2D eigenvalue weighted by atomic mass is 127. The fourth-order valence-corrected chi connectivity index (χ4v) is 5.39. The van der Waals surface area contributed by atoms with Gasteiger partial charge in [-0.2, -0.15) is 0 Å². The molecule has 0 saturated carbocycles. The van der Waals surface area contributed by atoms with Gasteiger partial charge in [0.25, 0.3) is 11.1 Å². The van der Waals surface area contributed by atoms with Gasteiger partial charge in [0.05, 0.1) is 21.7 Å². The molecule has 0 bridgehead atoms. The van der Waals surface area contributed by atoms with E-state index in [0.29, 0.717) is 36.0 Å². The number of hydrogen-bond donors (Lipinski definition) is 1. The van der Waals surface area contributed by atoms with Gasteiger partial charge in [0.1, 0.15) is 6.54 Å². The molecule has 0 aromatic heterocycles. The molecule has 1 aliphatic rings. The molecule has 0 radical (unpaired) electrons. The highest BCUT2D eigenvalue weighted by Gasteiger charge is 2.36. The summed E-state index contributed by atoms with van der Waals surface area (Å²) in [6.07, 6.45) is 2.51. The Kier molecular flexibility index (Phi) is 9.23. The van der Waals surface area contributed by atoms with Gasteiger partial charge in [-0.1, -0.05) is 24.6 Å². The predicted octanol–water partition coefficient (Wildman–Crippen LogP) is 6.08. The molecule has 35 heavy (non-hydrogen) atoms. The van der Waals surface area contributed by atoms with E-state index in [9.17, 15) is 14.4 Å². The van der Waals surface area contributed by atoms with Crippen molar-refractivity contribution >= 4 is 63.2 Å². The first-order valence-corrected chi connectivity index (χ1v) is 13.3. The number of carbonyl (C=O) groups is 3. The molecule has 3 amide bonds. The van der Waals surface area contributed by atoms with E-state index in [-0.39, 0.29) is 11.4 Å². The SMILES string of the molecule is CCCOc1c(I)cc(/C=C2\SC(=O)N(CC(=O)Nc3c(C)cc(C)cc3C)C2=O)cc1OCC. The molecule has 1 N–H and O–H groups in total. The van der Waals surface area contributed by atoms with Crippen molar-refractivity contribution in [1.29, 1.82) is 0 Å². The van der Waals surface area contributed by atoms with Crippen LogP contribution in [0.5, 0.6) is 11.5 Å². The number of ether oxygens (including phenoxy) is 2. The third-order valence-corrected chi connectivity index (χ3v) is 6.91. The van der Waals surface area contributed by atoms with Gasteiger partial charge in [-0.05, 0) is 103 Å². The summed E-state index contributed by atoms with van der Waals surface area (Å²) < 4.78 is 12.4. The first kappa shape index (κ1) is 27.1. The normalized spacial score (nSPS) is 14.6. The number of hydrogen-bond acceptors (Lipinski definition) is 6. The van der Waals surface area contributed by atoms with Crippen molar-refractivity contribution in [2.24, 2.45) is 0 Å². The Balaban J connectivity index is 1.78. The number of carbonyl (C=O) groups excluding carboxylic acids is 3. The number of amides is 3. The fourth-order valence-electron chi connectivity index (χ4n) is 3.77. The van der Waals surface area contributed by atoms with E-state index in [2.05, 4.69) is 27.9 Å². The van der Waals surface area contributed by atoms with Crippen LogP contribution in [-0.2, 0) is 9.59 Å². The number of nitrogens with zero attached hydrogens (tertiary/aromatic N) is 1. The van der Waals surface area contributed by atoms with Gasteiger partial charge in [-0.25, -0.2) is 0 Å². The standard InChI is InChI=1S/C26H29IN2O5S/c1-6-8-34-24-19(27)11-18(12-20(24)33-7-2)13-21-25(31)29(26(32)35-21)14-22(30)28-23-16(4)9-15(3)10-17(23)5/h9-13H,6-8,14H2,1-5H3,(H,28,30)/b21-13-. The number of aryl methyl sites for hydroxylation is 3. The van der Waals surface area contributed by atoms with E-state index in [1.807, 2.05) is 52.8 Å². The predicted molar refractivity (Wildman–Crippen MR) is 148 cm³/mol. The van der Waals surface area contributed by atoms with Crippen LogP contribution >= 0.6 is 34.4 Å². The summed E-state index contributed by atoms with van der Waals surface area (Å²) in [7, 11) is 0. The minimum absolute atomic E-state index is 0.256. The van der Waals surface area contributed by atoms with Crippen molar-refractivity contribution in [2.75, 3.05) is 25.1 Å². The lowest BCUT2D eigenvalue weighted by molar-refractivity contribution is -0.127. The summed E-state index contributed by atoms with van der Waals surface area (Å²) in [5.41, 5.74) is 4.36. The molecule has 186 valence electrons. The Bertz CT molecular complexity index is 1170. The molecular weight excluding hydrogens is 579 g/mol. The minimum atomic E-state index is -0.494. The molecular formula is C26H29IN2O5S. The van der Waals surface area contributed by atoms with E-state index in [0.717, 1.165) is 43.3 Å². The lowest BCUT2D eigenvalue weighted by Crippen LogP contribution is -2.36. The van der Waals surface area contributed by atoms with Crippen LogP contribution in [0.4, 0.5) is 10.5 Å². The van der Waals surface area contributed by atoms with Crippen molar-refractivity contribution in [1.82, 2.24) is 4.90 Å². The van der Waals surface area contributed by atoms with E-state index in [1.165, 1.54) is 0 Å². The zero-order valence-corrected chi connectivity index (χ0v) is 23.5. The van der Waals surface area contributed by atoms with Crippen LogP contribution in [0.25, 0.3) is 6.08 Å². The van der Waals surface area contributed by atoms with Crippen molar-refractivity contribution in [3.63, 3.8) is 0 Å². The van der Waals surface area contributed by atoms with Gasteiger partial charge in [-0.15, -0.1) is 0 Å². The lowest BCUT2D eigenvalue weighted by atomic mass is 10.1. The third-order valence-electron chi connectivity index (χ3n) is 5.20. The van der Waals surface area contributed by atoms with Crippen molar-refractivity contribution in [2.45, 2.75) is 41.0 Å². The number of halogens is 1. The maximum Gasteiger partial charge on any atom is 0.294 e. The van der Waals surface area contributed by atoms with Crippen LogP contribution in [0.15, 0.2) is 29.2 Å². The number of imide groups is 1. The number of anilines is 1. The summed E-state index contributed by atoms with van der Waals surface area (Å²) in [5.74, 6) is 0.334. The lowest BCUT2D eigenvalue weighted by Gasteiger charge is -2.16. The Labute approximate surface area is 223 Å². The number of nitrogens with one attached hydrogen (secondary N) is 1. The van der Waals surface area contributed by atoms with Gasteiger partial charge < -0.3 is 14.8 Å². The maximum absolute atomic E-state index is 13.0. The topological polar surface area (TPSA) is 84.9 Å². The van der Waals surface area contributed by atoms with Gasteiger partial charge >= 0.3 is 0 Å². The summed E-state index contributed by atoms with van der Waals surface area (Å²) >= 11 is 2.99. The van der Waals surface area contributed by atoms with Crippen LogP contribution in [0.2, 0.25) is 0 Å². The highest BCUT2D eigenvalue weighted by Crippen LogP contribution is 2.37. The van der Waals surface area contributed by atoms with E-state index in [4.69, 9.17) is 9.47 Å². The molecule has 2 aromatic rings. The molecule has 0 spiro atoms. The van der Waals surface area contributed by atoms with Crippen LogP contribution < -0.4 is 14.8 Å². The Morgan fingerprint density at radius 1 is 1.09 bits per heavy atom. The van der Waals surface area contributed by atoms with E-state index < -0.39 is 17.1 Å². The Morgan fingerprint density at radius 3 is 2.40 bits per heavy atom. The average molecular weight is 608 g/mol. The summed E-state index contributed by atoms with van der Waals surface area (Å²) in [4.78, 5) is 39.4. The van der Waals surface area contributed by atoms with Gasteiger partial charge in [0.15, 0.2) is 11.5 Å². The zero-order chi connectivity index (χ0) is 25.7. The van der Waals surface area contributed by atoms with E-state index in [1.54, 1.807) is 12.1 Å². The van der Waals surface area contributed by atoms with Crippen LogP contribution in [0, 0.1) is 24.3 Å². The molecule has 0 atom stereocenters. The van der Waals surface area contributed by atoms with Gasteiger partial charge in [0.2, 0.25) is 5.91 Å². The molecule has 1 heterocycles. The maximum atomic E-state index is 13.0. The first-order chi connectivity index (χ1) is 16.6. The molecule has 9 heteroatoms. The van der Waals surface area contributed by atoms with Crippen LogP contribution in [0.3, 0.4) is 0 Å². The zero-order valence-electron chi connectivity index (χ0n) is 20.5. The second-order valence-electron chi connectivity index (χ2n) is 8.20. The largest absolute Gasteiger partial charge is 0.490 e. The summed E-state index contributed by atoms with van der Waals surface area (Å²) in [5, 5.41) is 2.37. The van der Waals surface area contributed by atoms with Crippen LogP contribution in [0.1, 0.15) is 42.5 Å². The summed E-state index contributed by atoms with van der Waals surface area (Å²) in [6, 6.07) is 7.61. The summed E-state index contributed by atoms with van der Waals surface area (Å²) in [6.45, 7) is 10.4. The molecule has 1 fully saturated rings. The second-order valence-corrected chi connectivity index (χ2v) is 10.4. The minimum Gasteiger partial charge on any atom is -0.490 e. The monoisotopic (exact) mass is 608 g/mol. The molecule has 2 aromatic carbocycles. The Hall–Kier alpha value is -2.53. The smallest absolute Gasteiger partial charge is 0.294 e. The molecule has 1 saturated heterocycles. The molecule has 3 rings (SSSR count). The Morgan fingerprint density at radius 2 is 1.77 bits per heavy atom. The average Bonchev–Trinajstić information content (AvgIpc) is 3.03. The van der Waals surface area contributed by atoms with Crippen LogP contribution in [-0.4, -0.2) is 41.7 Å². The van der Waals surface area contributed by atoms with Crippen molar-refractivity contribution < 1.29 is 23.9 Å². The quantitative estimate of drug-likeness (QED) is 0.275. The fraction of sp³-hybridized carbons (Fsp3) is 0.346. The highest BCUT2D eigenvalue weighted by molar-refractivity contribution is 14.1. The number of rotatable bonds is 9. The molecule has 7 nitrogen and oxygen atoms in total. The molecule has 0 aliphatic carbocycles. The first-order valence-electron chi connectivity index (χ1n) is 11.4. The van der Waals surface area contributed by atoms with Crippen molar-refractivity contribution in [3.05, 3.63) is 55.0 Å². The van der Waals surface area contributed by atoms with Crippen molar-refractivity contribution in [3.8, 4) is 11.5 Å². The third kappa shape index (κ3) is 6.58. The number of benzene rings is 2.